The van der Waals surface area contributed by atoms with Gasteiger partial charge in [0.1, 0.15) is 4.91 Å². The molecule has 0 atom stereocenters. The smallest absolute Gasteiger partial charge is 0.342 e. The molecule has 0 aliphatic carbocycles. The summed E-state index contributed by atoms with van der Waals surface area (Å²) >= 11 is 12.9. The van der Waals surface area contributed by atoms with Gasteiger partial charge in [0.25, 0.3) is 5.22 Å². The van der Waals surface area contributed by atoms with Crippen LogP contribution in [0.2, 0.25) is 10.0 Å². The zero-order valence-electron chi connectivity index (χ0n) is 13.2. The van der Waals surface area contributed by atoms with E-state index in [1.165, 1.54) is 18.2 Å². The van der Waals surface area contributed by atoms with Crippen molar-refractivity contribution in [3.8, 4) is 5.75 Å². The molecule has 0 aliphatic rings. The average Bonchev–Trinajstić information content (AvgIpc) is 3.00. The SMILES string of the molecule is CCc1nnc(S/C(=C\c2cc(Cl)c(OCC(=O)O)c(Cl)c2)C(=O)O)o1. The molecular weight excluding hydrogens is 407 g/mol. The Morgan fingerprint density at radius 3 is 2.42 bits per heavy atom. The van der Waals surface area contributed by atoms with E-state index in [1.54, 1.807) is 0 Å². The van der Waals surface area contributed by atoms with Crippen LogP contribution < -0.4 is 4.74 Å². The van der Waals surface area contributed by atoms with Crippen molar-refractivity contribution in [3.63, 3.8) is 0 Å². The highest BCUT2D eigenvalue weighted by Gasteiger charge is 2.16. The molecule has 0 spiro atoms. The van der Waals surface area contributed by atoms with E-state index in [0.717, 1.165) is 11.8 Å². The van der Waals surface area contributed by atoms with Crippen molar-refractivity contribution in [1.82, 2.24) is 10.2 Å². The number of benzene rings is 1. The molecule has 0 saturated carbocycles. The van der Waals surface area contributed by atoms with Crippen LogP contribution in [0.3, 0.4) is 0 Å². The number of halogens is 2. The Kier molecular flexibility index (Phi) is 6.90. The van der Waals surface area contributed by atoms with E-state index in [4.69, 9.17) is 37.5 Å². The van der Waals surface area contributed by atoms with Gasteiger partial charge in [0.05, 0.1) is 10.0 Å². The van der Waals surface area contributed by atoms with Crippen molar-refractivity contribution < 1.29 is 29.0 Å². The van der Waals surface area contributed by atoms with Crippen molar-refractivity contribution in [3.05, 3.63) is 38.5 Å². The molecule has 0 fully saturated rings. The number of aliphatic carboxylic acids is 2. The fraction of sp³-hybridized carbons (Fsp3) is 0.200. The van der Waals surface area contributed by atoms with Crippen molar-refractivity contribution in [1.29, 1.82) is 0 Å². The van der Waals surface area contributed by atoms with Crippen molar-refractivity contribution in [2.75, 3.05) is 6.61 Å². The van der Waals surface area contributed by atoms with Crippen molar-refractivity contribution >= 4 is 53.0 Å². The number of aromatic nitrogens is 2. The second kappa shape index (κ2) is 8.93. The van der Waals surface area contributed by atoms with Gasteiger partial charge in [-0.3, -0.25) is 0 Å². The lowest BCUT2D eigenvalue weighted by Crippen LogP contribution is -2.10. The number of hydrogen-bond donors (Lipinski definition) is 2. The topological polar surface area (TPSA) is 123 Å². The van der Waals surface area contributed by atoms with Gasteiger partial charge in [-0.05, 0) is 35.5 Å². The summed E-state index contributed by atoms with van der Waals surface area (Å²) in [5.41, 5.74) is 0.378. The third-order valence-electron chi connectivity index (χ3n) is 2.82. The average molecular weight is 419 g/mol. The van der Waals surface area contributed by atoms with Crippen LogP contribution in [0.5, 0.6) is 5.75 Å². The lowest BCUT2D eigenvalue weighted by atomic mass is 10.2. The van der Waals surface area contributed by atoms with Crippen LogP contribution in [0.1, 0.15) is 18.4 Å². The maximum Gasteiger partial charge on any atom is 0.342 e. The first kappa shape index (κ1) is 20.1. The normalized spacial score (nSPS) is 11.4. The zero-order valence-corrected chi connectivity index (χ0v) is 15.6. The Balaban J connectivity index is 2.28. The molecule has 1 aromatic carbocycles. The van der Waals surface area contributed by atoms with Crippen LogP contribution in [0.15, 0.2) is 26.7 Å². The monoisotopic (exact) mass is 418 g/mol. The highest BCUT2D eigenvalue weighted by molar-refractivity contribution is 8.03. The molecule has 2 N–H and O–H groups in total. The summed E-state index contributed by atoms with van der Waals surface area (Å²) in [7, 11) is 0. The van der Waals surface area contributed by atoms with Gasteiger partial charge in [0.15, 0.2) is 12.4 Å². The summed E-state index contributed by atoms with van der Waals surface area (Å²) in [6, 6.07) is 2.80. The molecule has 26 heavy (non-hydrogen) atoms. The minimum atomic E-state index is -1.20. The molecule has 0 radical (unpaired) electrons. The van der Waals surface area contributed by atoms with Gasteiger partial charge in [-0.1, -0.05) is 30.1 Å². The van der Waals surface area contributed by atoms with Crippen LogP contribution in [0, 0.1) is 0 Å². The van der Waals surface area contributed by atoms with Crippen molar-refractivity contribution in [2.45, 2.75) is 18.6 Å². The Morgan fingerprint density at radius 1 is 1.27 bits per heavy atom. The van der Waals surface area contributed by atoms with Crippen LogP contribution in [-0.4, -0.2) is 39.0 Å². The van der Waals surface area contributed by atoms with E-state index in [0.29, 0.717) is 17.9 Å². The van der Waals surface area contributed by atoms with E-state index >= 15 is 0 Å². The minimum absolute atomic E-state index is 0.00176. The van der Waals surface area contributed by atoms with Crippen LogP contribution >= 0.6 is 35.0 Å². The molecule has 1 aromatic heterocycles. The largest absolute Gasteiger partial charge is 0.479 e. The summed E-state index contributed by atoms with van der Waals surface area (Å²) in [5, 5.41) is 25.7. The van der Waals surface area contributed by atoms with E-state index in [2.05, 4.69) is 10.2 Å². The minimum Gasteiger partial charge on any atom is -0.479 e. The second-order valence-corrected chi connectivity index (χ2v) is 6.53. The van der Waals surface area contributed by atoms with E-state index < -0.39 is 18.5 Å². The number of carbonyl (C=O) groups is 2. The van der Waals surface area contributed by atoms with E-state index in [1.807, 2.05) is 6.92 Å². The Morgan fingerprint density at radius 2 is 1.92 bits per heavy atom. The van der Waals surface area contributed by atoms with Crippen LogP contribution in [0.4, 0.5) is 0 Å². The van der Waals surface area contributed by atoms with Crippen LogP contribution in [-0.2, 0) is 16.0 Å². The molecule has 8 nitrogen and oxygen atoms in total. The molecule has 0 bridgehead atoms. The Bertz CT molecular complexity index is 845. The molecule has 138 valence electrons. The maximum absolute atomic E-state index is 11.5. The quantitative estimate of drug-likeness (QED) is 0.488. The highest BCUT2D eigenvalue weighted by Crippen LogP contribution is 2.36. The molecule has 2 rings (SSSR count). The summed E-state index contributed by atoms with van der Waals surface area (Å²) in [6.07, 6.45) is 1.85. The number of carboxylic acid groups (broad SMARTS) is 2. The Labute approximate surface area is 161 Å². The number of hydrogen-bond acceptors (Lipinski definition) is 7. The maximum atomic E-state index is 11.5. The molecule has 0 aliphatic heterocycles. The number of rotatable bonds is 8. The fourth-order valence-corrected chi connectivity index (χ4v) is 3.04. The second-order valence-electron chi connectivity index (χ2n) is 4.73. The summed E-state index contributed by atoms with van der Waals surface area (Å²) in [6.45, 7) is 1.22. The van der Waals surface area contributed by atoms with Gasteiger partial charge >= 0.3 is 11.9 Å². The van der Waals surface area contributed by atoms with Crippen molar-refractivity contribution in [2.24, 2.45) is 0 Å². The standard InChI is InChI=1S/C15H12Cl2N2O6S/c1-2-11-18-19-15(25-11)26-10(14(22)23)5-7-3-8(16)13(9(17)4-7)24-6-12(20)21/h3-5H,2,6H2,1H3,(H,20,21)(H,22,23)/b10-5-. The molecule has 11 heteroatoms. The van der Waals surface area contributed by atoms with Gasteiger partial charge in [0.2, 0.25) is 5.89 Å². The number of ether oxygens (including phenoxy) is 1. The number of nitrogens with zero attached hydrogens (tertiary/aromatic N) is 2. The lowest BCUT2D eigenvalue weighted by molar-refractivity contribution is -0.139. The predicted octanol–water partition coefficient (Wildman–Crippen LogP) is 3.62. The fourth-order valence-electron chi connectivity index (χ4n) is 1.74. The lowest BCUT2D eigenvalue weighted by Gasteiger charge is -2.09. The molecule has 0 amide bonds. The summed E-state index contributed by atoms with van der Waals surface area (Å²) in [5.74, 6) is -1.99. The van der Waals surface area contributed by atoms with E-state index in [9.17, 15) is 14.7 Å². The number of aryl methyl sites for hydroxylation is 1. The van der Waals surface area contributed by atoms with Gasteiger partial charge in [-0.25, -0.2) is 9.59 Å². The van der Waals surface area contributed by atoms with Crippen LogP contribution in [0.25, 0.3) is 6.08 Å². The molecule has 2 aromatic rings. The zero-order chi connectivity index (χ0) is 19.3. The highest BCUT2D eigenvalue weighted by atomic mass is 35.5. The summed E-state index contributed by atoms with van der Waals surface area (Å²) in [4.78, 5) is 21.9. The third-order valence-corrected chi connectivity index (χ3v) is 4.23. The molecular formula is C15H12Cl2N2O6S. The predicted molar refractivity (Wildman–Crippen MR) is 94.7 cm³/mol. The number of carboxylic acids is 2. The molecule has 0 unspecified atom stereocenters. The first-order valence-corrected chi connectivity index (χ1v) is 8.66. The molecule has 0 saturated heterocycles. The first-order valence-electron chi connectivity index (χ1n) is 7.09. The third kappa shape index (κ3) is 5.38. The Hall–Kier alpha value is -2.23. The summed E-state index contributed by atoms with van der Waals surface area (Å²) < 4.78 is 10.3. The van der Waals surface area contributed by atoms with Gasteiger partial charge < -0.3 is 19.4 Å². The first-order chi connectivity index (χ1) is 12.3. The van der Waals surface area contributed by atoms with Gasteiger partial charge in [-0.15, -0.1) is 10.2 Å². The number of thioether (sulfide) groups is 1. The van der Waals surface area contributed by atoms with Gasteiger partial charge in [-0.2, -0.15) is 0 Å². The van der Waals surface area contributed by atoms with E-state index in [-0.39, 0.29) is 25.9 Å². The van der Waals surface area contributed by atoms with Gasteiger partial charge in [0, 0.05) is 6.42 Å². The molecule has 1 heterocycles.